The van der Waals surface area contributed by atoms with E-state index in [9.17, 15) is 19.5 Å². The summed E-state index contributed by atoms with van der Waals surface area (Å²) in [5, 5.41) is 10.1. The molecule has 0 heterocycles. The third-order valence-electron chi connectivity index (χ3n) is 8.73. The number of esters is 1. The normalized spacial score (nSPS) is 44.8. The second kappa shape index (κ2) is 6.79. The molecule has 0 amide bonds. The molecule has 0 aromatic rings. The Morgan fingerprint density at radius 1 is 1.14 bits per heavy atom. The number of ether oxygens (including phenoxy) is 1. The van der Waals surface area contributed by atoms with E-state index < -0.39 is 5.97 Å². The highest BCUT2D eigenvalue weighted by atomic mass is 16.5. The van der Waals surface area contributed by atoms with Gasteiger partial charge in [0, 0.05) is 18.8 Å². The van der Waals surface area contributed by atoms with Gasteiger partial charge in [-0.1, -0.05) is 19.4 Å². The van der Waals surface area contributed by atoms with Gasteiger partial charge in [-0.05, 0) is 73.7 Å². The lowest BCUT2D eigenvalue weighted by Gasteiger charge is -2.57. The Morgan fingerprint density at radius 3 is 2.61 bits per heavy atom. The van der Waals surface area contributed by atoms with E-state index >= 15 is 0 Å². The molecule has 4 aliphatic carbocycles. The Kier molecular flexibility index (Phi) is 4.80. The summed E-state index contributed by atoms with van der Waals surface area (Å²) in [6, 6.07) is 0. The van der Waals surface area contributed by atoms with E-state index in [1.165, 1.54) is 6.92 Å². The van der Waals surface area contributed by atoms with Gasteiger partial charge in [0.15, 0.2) is 11.6 Å². The van der Waals surface area contributed by atoms with Crippen LogP contribution in [0.5, 0.6) is 0 Å². The van der Waals surface area contributed by atoms with Crippen molar-refractivity contribution in [1.29, 1.82) is 0 Å². The van der Waals surface area contributed by atoms with Gasteiger partial charge in [-0.25, -0.2) is 0 Å². The highest BCUT2D eigenvalue weighted by molar-refractivity contribution is 5.95. The second-order valence-corrected chi connectivity index (χ2v) is 10.0. The maximum Gasteiger partial charge on any atom is 0.303 e. The predicted molar refractivity (Wildman–Crippen MR) is 103 cm³/mol. The zero-order valence-electron chi connectivity index (χ0n) is 17.2. The van der Waals surface area contributed by atoms with E-state index in [0.29, 0.717) is 12.3 Å². The van der Waals surface area contributed by atoms with Crippen molar-refractivity contribution in [2.24, 2.45) is 34.5 Å². The fourth-order valence-electron chi connectivity index (χ4n) is 7.18. The van der Waals surface area contributed by atoms with Crippen molar-refractivity contribution in [3.05, 3.63) is 11.6 Å². The van der Waals surface area contributed by atoms with Crippen molar-refractivity contribution >= 4 is 17.5 Å². The molecule has 0 aromatic carbocycles. The van der Waals surface area contributed by atoms with E-state index in [1.54, 1.807) is 0 Å². The Hall–Kier alpha value is -1.49. The third-order valence-corrected chi connectivity index (χ3v) is 8.73. The van der Waals surface area contributed by atoms with Crippen LogP contribution in [0.2, 0.25) is 0 Å². The molecule has 0 aromatic heterocycles. The summed E-state index contributed by atoms with van der Waals surface area (Å²) in [7, 11) is 0. The number of aliphatic hydroxyl groups excluding tert-OH is 1. The average Bonchev–Trinajstić information content (AvgIpc) is 2.98. The van der Waals surface area contributed by atoms with Crippen LogP contribution < -0.4 is 0 Å². The monoisotopic (exact) mass is 388 g/mol. The number of rotatable bonds is 3. The molecule has 1 N–H and O–H groups in total. The van der Waals surface area contributed by atoms with Crippen molar-refractivity contribution < 1.29 is 24.2 Å². The summed E-state index contributed by atoms with van der Waals surface area (Å²) >= 11 is 0. The molecular weight excluding hydrogens is 356 g/mol. The number of hydrogen-bond donors (Lipinski definition) is 1. The molecule has 0 aliphatic heterocycles. The van der Waals surface area contributed by atoms with E-state index in [4.69, 9.17) is 4.74 Å². The van der Waals surface area contributed by atoms with Gasteiger partial charge in [-0.2, -0.15) is 0 Å². The summed E-state index contributed by atoms with van der Waals surface area (Å²) in [6.07, 6.45) is 7.43. The van der Waals surface area contributed by atoms with Gasteiger partial charge in [0.2, 0.25) is 0 Å². The molecule has 28 heavy (non-hydrogen) atoms. The molecule has 5 nitrogen and oxygen atoms in total. The first kappa shape index (κ1) is 19.8. The molecule has 3 saturated carbocycles. The SMILES string of the molecule is CC(=O)OCC(=O)[C@H]1CC[C@H]2[C@@H]3C(=O)C=C4C[C@@H](O)CC[C@]4(C)[C@H]3CC[C@]12C. The van der Waals surface area contributed by atoms with Crippen LogP contribution in [0.25, 0.3) is 0 Å². The van der Waals surface area contributed by atoms with Gasteiger partial charge in [0.25, 0.3) is 0 Å². The van der Waals surface area contributed by atoms with E-state index in [1.807, 2.05) is 6.08 Å². The fourth-order valence-corrected chi connectivity index (χ4v) is 7.18. The number of Topliss-reactive ketones (excluding diaryl/α,β-unsaturated/α-hetero) is 1. The number of hydrogen-bond acceptors (Lipinski definition) is 5. The van der Waals surface area contributed by atoms with Gasteiger partial charge in [-0.3, -0.25) is 14.4 Å². The minimum Gasteiger partial charge on any atom is -0.458 e. The lowest BCUT2D eigenvalue weighted by Crippen LogP contribution is -2.54. The zero-order chi connectivity index (χ0) is 20.3. The maximum atomic E-state index is 13.2. The highest BCUT2D eigenvalue weighted by Gasteiger charge is 2.61. The number of carbonyl (C=O) groups excluding carboxylic acids is 3. The molecule has 0 radical (unpaired) electrons. The number of aliphatic hydroxyl groups is 1. The first-order valence-corrected chi connectivity index (χ1v) is 10.8. The Morgan fingerprint density at radius 2 is 1.89 bits per heavy atom. The van der Waals surface area contributed by atoms with Gasteiger partial charge in [0.1, 0.15) is 6.61 Å². The molecular formula is C23H32O5. The van der Waals surface area contributed by atoms with E-state index in [0.717, 1.165) is 44.1 Å². The van der Waals surface area contributed by atoms with Crippen LogP contribution in [-0.2, 0) is 19.1 Å². The van der Waals surface area contributed by atoms with Crippen LogP contribution in [0.15, 0.2) is 11.6 Å². The number of carbonyl (C=O) groups is 3. The van der Waals surface area contributed by atoms with Crippen LogP contribution in [0.4, 0.5) is 0 Å². The lowest BCUT2D eigenvalue weighted by atomic mass is 9.47. The van der Waals surface area contributed by atoms with Crippen molar-refractivity contribution in [1.82, 2.24) is 0 Å². The number of allylic oxidation sites excluding steroid dienone is 1. The Bertz CT molecular complexity index is 739. The van der Waals surface area contributed by atoms with Gasteiger partial charge in [0.05, 0.1) is 6.10 Å². The van der Waals surface area contributed by atoms with Gasteiger partial charge >= 0.3 is 5.97 Å². The molecule has 4 aliphatic rings. The molecule has 5 heteroatoms. The first-order chi connectivity index (χ1) is 13.2. The van der Waals surface area contributed by atoms with Crippen LogP contribution in [-0.4, -0.2) is 35.4 Å². The van der Waals surface area contributed by atoms with Crippen molar-refractivity contribution in [2.45, 2.75) is 71.8 Å². The molecule has 3 fully saturated rings. The molecule has 4 rings (SSSR count). The van der Waals surface area contributed by atoms with E-state index in [2.05, 4.69) is 13.8 Å². The molecule has 0 saturated heterocycles. The number of ketones is 2. The van der Waals surface area contributed by atoms with E-state index in [-0.39, 0.29) is 52.9 Å². The fraction of sp³-hybridized carbons (Fsp3) is 0.783. The number of fused-ring (bicyclic) bond motifs is 5. The molecule has 0 unspecified atom stereocenters. The highest BCUT2D eigenvalue weighted by Crippen LogP contribution is 2.65. The van der Waals surface area contributed by atoms with Crippen LogP contribution in [0, 0.1) is 34.5 Å². The van der Waals surface area contributed by atoms with Crippen LogP contribution in [0.1, 0.15) is 65.7 Å². The summed E-state index contributed by atoms with van der Waals surface area (Å²) in [5.74, 6) is 0.163. The summed E-state index contributed by atoms with van der Waals surface area (Å²) in [4.78, 5) is 37.1. The van der Waals surface area contributed by atoms with Crippen LogP contribution in [0.3, 0.4) is 0 Å². The summed E-state index contributed by atoms with van der Waals surface area (Å²) in [5.41, 5.74) is 0.949. The van der Waals surface area contributed by atoms with Gasteiger partial charge < -0.3 is 9.84 Å². The van der Waals surface area contributed by atoms with Crippen LogP contribution >= 0.6 is 0 Å². The maximum absolute atomic E-state index is 13.2. The average molecular weight is 389 g/mol. The second-order valence-electron chi connectivity index (χ2n) is 10.0. The Labute approximate surface area is 166 Å². The molecule has 0 bridgehead atoms. The minimum absolute atomic E-state index is 0.00102. The quantitative estimate of drug-likeness (QED) is 0.751. The van der Waals surface area contributed by atoms with Crippen molar-refractivity contribution in [2.75, 3.05) is 6.61 Å². The van der Waals surface area contributed by atoms with Crippen molar-refractivity contribution in [3.63, 3.8) is 0 Å². The first-order valence-electron chi connectivity index (χ1n) is 10.8. The standard InChI is InChI=1S/C23H32O5/c1-13(24)28-12-20(27)16-4-5-17-21-18(7-9-23(16,17)3)22(2)8-6-15(25)10-14(22)11-19(21)26/h11,15-18,21,25H,4-10,12H2,1-3H3/t15-,16+,17-,18-,21-,22-,23+/m0/s1. The van der Waals surface area contributed by atoms with Crippen molar-refractivity contribution in [3.8, 4) is 0 Å². The summed E-state index contributed by atoms with van der Waals surface area (Å²) < 4.78 is 4.98. The predicted octanol–water partition coefficient (Wildman–Crippen LogP) is 3.24. The zero-order valence-corrected chi connectivity index (χ0v) is 17.2. The van der Waals surface area contributed by atoms with Gasteiger partial charge in [-0.15, -0.1) is 0 Å². The third kappa shape index (κ3) is 2.89. The Balaban J connectivity index is 1.61. The topological polar surface area (TPSA) is 80.7 Å². The molecule has 154 valence electrons. The lowest BCUT2D eigenvalue weighted by molar-refractivity contribution is -0.150. The summed E-state index contributed by atoms with van der Waals surface area (Å²) in [6.45, 7) is 5.64. The minimum atomic E-state index is -0.427. The molecule has 7 atom stereocenters. The smallest absolute Gasteiger partial charge is 0.303 e. The molecule has 0 spiro atoms. The largest absolute Gasteiger partial charge is 0.458 e.